The smallest absolute Gasteiger partial charge is 0.342 e. The summed E-state index contributed by atoms with van der Waals surface area (Å²) in [6.07, 6.45) is -2.72. The van der Waals surface area contributed by atoms with Crippen LogP contribution in [0.15, 0.2) is 78.9 Å². The van der Waals surface area contributed by atoms with Crippen molar-refractivity contribution in [2.45, 2.75) is 52.0 Å². The molecule has 0 radical (unpaired) electrons. The number of para-hydroxylation sites is 1. The molecule has 5 rings (SSSR count). The second-order valence-electron chi connectivity index (χ2n) is 10.7. The maximum Gasteiger partial charge on any atom is 0.416 e. The second kappa shape index (κ2) is 12.2. The van der Waals surface area contributed by atoms with Crippen molar-refractivity contribution in [3.05, 3.63) is 107 Å². The number of likely N-dealkylation sites (tertiary alicyclic amines) is 1. The lowest BCUT2D eigenvalue weighted by atomic mass is 10.0. The largest absolute Gasteiger partial charge is 0.416 e. The van der Waals surface area contributed by atoms with Crippen molar-refractivity contribution < 1.29 is 18.0 Å². The number of nitrogens with zero attached hydrogens (tertiary/aromatic N) is 3. The summed E-state index contributed by atoms with van der Waals surface area (Å²) >= 11 is 0. The molecule has 214 valence electrons. The Morgan fingerprint density at radius 3 is 2.37 bits per heavy atom. The summed E-state index contributed by atoms with van der Waals surface area (Å²) in [6, 6.07) is 22.8. The van der Waals surface area contributed by atoms with Gasteiger partial charge in [0.05, 0.1) is 11.3 Å². The minimum atomic E-state index is -4.37. The Kier molecular flexibility index (Phi) is 8.44. The zero-order valence-corrected chi connectivity index (χ0v) is 23.2. The van der Waals surface area contributed by atoms with E-state index in [1.807, 2.05) is 48.2 Å². The molecule has 1 aromatic heterocycles. The van der Waals surface area contributed by atoms with E-state index in [2.05, 4.69) is 40.3 Å². The molecule has 0 atom stereocenters. The number of amides is 2. The van der Waals surface area contributed by atoms with Gasteiger partial charge in [0, 0.05) is 49.2 Å². The van der Waals surface area contributed by atoms with Crippen LogP contribution in [0, 0.1) is 13.8 Å². The second-order valence-corrected chi connectivity index (χ2v) is 10.7. The number of anilines is 1. The Labute approximate surface area is 238 Å². The number of alkyl halides is 3. The molecule has 1 aliphatic heterocycles. The number of rotatable bonds is 7. The molecule has 0 unspecified atom stereocenters. The van der Waals surface area contributed by atoms with E-state index in [1.54, 1.807) is 0 Å². The number of benzene rings is 3. The molecular weight excluding hydrogens is 527 g/mol. The van der Waals surface area contributed by atoms with Crippen LogP contribution in [0.1, 0.15) is 40.9 Å². The maximum atomic E-state index is 13.5. The van der Waals surface area contributed by atoms with Crippen molar-refractivity contribution >= 4 is 11.7 Å². The fraction of sp³-hybridized carbons (Fsp3) is 0.312. The van der Waals surface area contributed by atoms with Crippen LogP contribution in [0.4, 0.5) is 23.7 Å². The standard InChI is InChI=1S/C32H34F3N5O/c1-22-7-6-8-24(19-22)20-40(31(41)37-27-9-4-3-5-10-27)28-15-17-39(18-16-28)21-29-23(2)36-30(38-29)25-11-13-26(14-12-25)32(33,34)35/h3-14,19,28H,15-18,20-21H2,1-2H3,(H,36,38)(H,37,41). The normalized spacial score (nSPS) is 14.7. The number of aryl methyl sites for hydroxylation is 2. The highest BCUT2D eigenvalue weighted by molar-refractivity contribution is 5.89. The lowest BCUT2D eigenvalue weighted by Crippen LogP contribution is -2.48. The van der Waals surface area contributed by atoms with Crippen LogP contribution in [-0.4, -0.2) is 44.9 Å². The SMILES string of the molecule is Cc1cccc(CN(C(=O)Nc2ccccc2)C2CCN(Cc3nc(-c4ccc(C(F)(F)F)cc4)[nH]c3C)CC2)c1. The van der Waals surface area contributed by atoms with Crippen molar-refractivity contribution in [2.24, 2.45) is 0 Å². The molecule has 1 saturated heterocycles. The van der Waals surface area contributed by atoms with Gasteiger partial charge in [-0.2, -0.15) is 13.2 Å². The van der Waals surface area contributed by atoms with Gasteiger partial charge >= 0.3 is 12.2 Å². The van der Waals surface area contributed by atoms with Crippen molar-refractivity contribution in [2.75, 3.05) is 18.4 Å². The van der Waals surface area contributed by atoms with E-state index in [-0.39, 0.29) is 12.1 Å². The third kappa shape index (κ3) is 7.16. The molecule has 9 heteroatoms. The van der Waals surface area contributed by atoms with Crippen LogP contribution >= 0.6 is 0 Å². The molecule has 0 spiro atoms. The summed E-state index contributed by atoms with van der Waals surface area (Å²) in [6.45, 7) is 6.74. The fourth-order valence-corrected chi connectivity index (χ4v) is 5.30. The first-order valence-electron chi connectivity index (χ1n) is 13.8. The lowest BCUT2D eigenvalue weighted by molar-refractivity contribution is -0.137. The van der Waals surface area contributed by atoms with E-state index in [1.165, 1.54) is 12.1 Å². The Balaban J connectivity index is 1.24. The highest BCUT2D eigenvalue weighted by Gasteiger charge is 2.31. The Bertz CT molecular complexity index is 1460. The Hall–Kier alpha value is -4.11. The molecule has 4 aromatic rings. The molecule has 2 amide bonds. The predicted molar refractivity (Wildman–Crippen MR) is 154 cm³/mol. The number of aromatic amines is 1. The van der Waals surface area contributed by atoms with Crippen molar-refractivity contribution in [3.8, 4) is 11.4 Å². The number of urea groups is 1. The first-order chi connectivity index (χ1) is 19.7. The van der Waals surface area contributed by atoms with Crippen LogP contribution in [0.3, 0.4) is 0 Å². The van der Waals surface area contributed by atoms with E-state index in [9.17, 15) is 18.0 Å². The zero-order chi connectivity index (χ0) is 29.0. The first kappa shape index (κ1) is 28.4. The quantitative estimate of drug-likeness (QED) is 0.247. The highest BCUT2D eigenvalue weighted by atomic mass is 19.4. The van der Waals surface area contributed by atoms with E-state index in [0.29, 0.717) is 24.5 Å². The molecule has 3 aromatic carbocycles. The number of hydrogen-bond acceptors (Lipinski definition) is 3. The van der Waals surface area contributed by atoms with Gasteiger partial charge < -0.3 is 15.2 Å². The highest BCUT2D eigenvalue weighted by Crippen LogP contribution is 2.31. The molecule has 0 saturated carbocycles. The van der Waals surface area contributed by atoms with Gasteiger partial charge in [-0.1, -0.05) is 60.2 Å². The predicted octanol–water partition coefficient (Wildman–Crippen LogP) is 7.41. The molecule has 2 N–H and O–H groups in total. The molecule has 0 aliphatic carbocycles. The first-order valence-corrected chi connectivity index (χ1v) is 13.8. The average molecular weight is 562 g/mol. The number of carbonyl (C=O) groups excluding carboxylic acids is 1. The minimum absolute atomic E-state index is 0.0819. The van der Waals surface area contributed by atoms with Crippen molar-refractivity contribution in [3.63, 3.8) is 0 Å². The average Bonchev–Trinajstić information content (AvgIpc) is 3.32. The van der Waals surface area contributed by atoms with Crippen LogP contribution in [0.2, 0.25) is 0 Å². The number of hydrogen-bond donors (Lipinski definition) is 2. The molecule has 41 heavy (non-hydrogen) atoms. The van der Waals surface area contributed by atoms with Gasteiger partial charge in [0.1, 0.15) is 5.82 Å². The summed E-state index contributed by atoms with van der Waals surface area (Å²) in [5.74, 6) is 0.558. The number of aromatic nitrogens is 2. The summed E-state index contributed by atoms with van der Waals surface area (Å²) in [5.41, 5.74) is 4.72. The van der Waals surface area contributed by atoms with Crippen LogP contribution in [-0.2, 0) is 19.3 Å². The van der Waals surface area contributed by atoms with E-state index in [4.69, 9.17) is 4.98 Å². The maximum absolute atomic E-state index is 13.5. The van der Waals surface area contributed by atoms with Crippen LogP contribution in [0.25, 0.3) is 11.4 Å². The van der Waals surface area contributed by atoms with E-state index in [0.717, 1.165) is 66.3 Å². The number of imidazole rings is 1. The molecule has 0 bridgehead atoms. The molecule has 1 aliphatic rings. The van der Waals surface area contributed by atoms with Gasteiger partial charge in [-0.25, -0.2) is 9.78 Å². The summed E-state index contributed by atoms with van der Waals surface area (Å²) in [4.78, 5) is 25.6. The van der Waals surface area contributed by atoms with Crippen LogP contribution < -0.4 is 5.32 Å². The van der Waals surface area contributed by atoms with E-state index < -0.39 is 11.7 Å². The van der Waals surface area contributed by atoms with Gasteiger partial charge in [0.25, 0.3) is 0 Å². The topological polar surface area (TPSA) is 64.3 Å². The summed E-state index contributed by atoms with van der Waals surface area (Å²) < 4.78 is 38.8. The Morgan fingerprint density at radius 2 is 1.71 bits per heavy atom. The summed E-state index contributed by atoms with van der Waals surface area (Å²) in [5, 5.41) is 3.06. The Morgan fingerprint density at radius 1 is 1.00 bits per heavy atom. The van der Waals surface area contributed by atoms with Gasteiger partial charge in [0.2, 0.25) is 0 Å². The molecule has 2 heterocycles. The van der Waals surface area contributed by atoms with Crippen molar-refractivity contribution in [1.82, 2.24) is 19.8 Å². The van der Waals surface area contributed by atoms with Gasteiger partial charge in [-0.3, -0.25) is 4.90 Å². The number of nitrogens with one attached hydrogen (secondary N) is 2. The molecule has 6 nitrogen and oxygen atoms in total. The number of piperidine rings is 1. The zero-order valence-electron chi connectivity index (χ0n) is 23.2. The molecule has 1 fully saturated rings. The number of halogens is 3. The summed E-state index contributed by atoms with van der Waals surface area (Å²) in [7, 11) is 0. The van der Waals surface area contributed by atoms with Gasteiger partial charge in [0.15, 0.2) is 0 Å². The third-order valence-electron chi connectivity index (χ3n) is 7.56. The van der Waals surface area contributed by atoms with Gasteiger partial charge in [-0.05, 0) is 56.5 Å². The van der Waals surface area contributed by atoms with Crippen molar-refractivity contribution in [1.29, 1.82) is 0 Å². The monoisotopic (exact) mass is 561 g/mol. The van der Waals surface area contributed by atoms with Crippen LogP contribution in [0.5, 0.6) is 0 Å². The fourth-order valence-electron chi connectivity index (χ4n) is 5.30. The molecular formula is C32H34F3N5O. The number of H-pyrrole nitrogens is 1. The number of carbonyl (C=O) groups is 1. The minimum Gasteiger partial charge on any atom is -0.342 e. The van der Waals surface area contributed by atoms with E-state index >= 15 is 0 Å². The third-order valence-corrected chi connectivity index (χ3v) is 7.56. The van der Waals surface area contributed by atoms with Gasteiger partial charge in [-0.15, -0.1) is 0 Å². The lowest BCUT2D eigenvalue weighted by Gasteiger charge is -2.38.